The number of hydrogen-bond acceptors (Lipinski definition) is 4. The maximum absolute atomic E-state index is 12.1. The number of halogens is 1. The topological polar surface area (TPSA) is 76.7 Å². The second-order valence-corrected chi connectivity index (χ2v) is 7.07. The number of carbonyl (C=O) groups excluding carboxylic acids is 2. The predicted octanol–water partition coefficient (Wildman–Crippen LogP) is 3.37. The Hall–Kier alpha value is -2.54. The number of benzene rings is 2. The number of carbonyl (C=O) groups is 2. The molecular formula is C20H23BrN2O4. The van der Waals surface area contributed by atoms with E-state index in [0.717, 1.165) is 21.2 Å². The molecule has 0 saturated heterocycles. The van der Waals surface area contributed by atoms with Gasteiger partial charge >= 0.3 is 0 Å². The van der Waals surface area contributed by atoms with Crippen LogP contribution in [0.4, 0.5) is 0 Å². The van der Waals surface area contributed by atoms with Crippen LogP contribution in [0.15, 0.2) is 40.9 Å². The van der Waals surface area contributed by atoms with Gasteiger partial charge in [0.2, 0.25) is 0 Å². The number of amides is 2. The lowest BCUT2D eigenvalue weighted by atomic mass is 10.1. The Morgan fingerprint density at radius 1 is 1.04 bits per heavy atom. The van der Waals surface area contributed by atoms with E-state index in [0.29, 0.717) is 11.5 Å². The summed E-state index contributed by atoms with van der Waals surface area (Å²) in [4.78, 5) is 24.0. The number of hydrazine groups is 1. The highest BCUT2D eigenvalue weighted by molar-refractivity contribution is 9.10. The largest absolute Gasteiger partial charge is 0.484 e. The molecule has 2 aromatic carbocycles. The van der Waals surface area contributed by atoms with Crippen molar-refractivity contribution >= 4 is 27.7 Å². The van der Waals surface area contributed by atoms with E-state index in [-0.39, 0.29) is 6.61 Å². The zero-order chi connectivity index (χ0) is 20.0. The quantitative estimate of drug-likeness (QED) is 0.683. The van der Waals surface area contributed by atoms with Crippen molar-refractivity contribution < 1.29 is 19.1 Å². The van der Waals surface area contributed by atoms with Crippen molar-refractivity contribution in [2.45, 2.75) is 33.8 Å². The molecule has 0 aromatic heterocycles. The van der Waals surface area contributed by atoms with Crippen LogP contribution in [-0.2, 0) is 9.59 Å². The minimum absolute atomic E-state index is 0.215. The molecule has 0 aliphatic rings. The Morgan fingerprint density at radius 2 is 1.70 bits per heavy atom. The van der Waals surface area contributed by atoms with Crippen LogP contribution in [0.3, 0.4) is 0 Å². The minimum Gasteiger partial charge on any atom is -0.484 e. The highest BCUT2D eigenvalue weighted by Crippen LogP contribution is 2.23. The molecule has 1 atom stereocenters. The van der Waals surface area contributed by atoms with Crippen molar-refractivity contribution in [1.29, 1.82) is 0 Å². The summed E-state index contributed by atoms with van der Waals surface area (Å²) in [6.45, 7) is 7.16. The van der Waals surface area contributed by atoms with Gasteiger partial charge in [0.1, 0.15) is 11.5 Å². The fraction of sp³-hybridized carbons (Fsp3) is 0.300. The average molecular weight is 435 g/mol. The molecule has 0 bridgehead atoms. The van der Waals surface area contributed by atoms with E-state index < -0.39 is 17.9 Å². The summed E-state index contributed by atoms with van der Waals surface area (Å²) in [5.74, 6) is 0.318. The molecule has 0 radical (unpaired) electrons. The molecule has 0 fully saturated rings. The Labute approximate surface area is 167 Å². The first-order chi connectivity index (χ1) is 12.8. The SMILES string of the molecule is Cc1cc(OCC(=O)NNC(=O)C(C)Oc2c(C)cccc2C)ccc1Br. The molecule has 1 unspecified atom stereocenters. The molecule has 2 N–H and O–H groups in total. The third-order valence-corrected chi connectivity index (χ3v) is 4.79. The Morgan fingerprint density at radius 3 is 2.33 bits per heavy atom. The zero-order valence-electron chi connectivity index (χ0n) is 15.8. The van der Waals surface area contributed by atoms with E-state index in [1.54, 1.807) is 13.0 Å². The molecule has 2 rings (SSSR count). The average Bonchev–Trinajstić information content (AvgIpc) is 2.63. The van der Waals surface area contributed by atoms with E-state index >= 15 is 0 Å². The van der Waals surface area contributed by atoms with Gasteiger partial charge in [-0.25, -0.2) is 0 Å². The van der Waals surface area contributed by atoms with Crippen molar-refractivity contribution in [3.63, 3.8) is 0 Å². The smallest absolute Gasteiger partial charge is 0.279 e. The van der Waals surface area contributed by atoms with Crippen LogP contribution in [0.25, 0.3) is 0 Å². The van der Waals surface area contributed by atoms with Crippen molar-refractivity contribution in [1.82, 2.24) is 10.9 Å². The summed E-state index contributed by atoms with van der Waals surface area (Å²) in [5.41, 5.74) is 7.55. The lowest BCUT2D eigenvalue weighted by Crippen LogP contribution is -2.48. The van der Waals surface area contributed by atoms with Gasteiger partial charge in [0, 0.05) is 4.47 Å². The van der Waals surface area contributed by atoms with Crippen LogP contribution >= 0.6 is 15.9 Å². The summed E-state index contributed by atoms with van der Waals surface area (Å²) in [6.07, 6.45) is -0.764. The molecule has 7 heteroatoms. The molecular weight excluding hydrogens is 412 g/mol. The number of hydrogen-bond donors (Lipinski definition) is 2. The molecule has 2 aromatic rings. The van der Waals surface area contributed by atoms with Crippen LogP contribution in [-0.4, -0.2) is 24.5 Å². The Bertz CT molecular complexity index is 818. The summed E-state index contributed by atoms with van der Waals surface area (Å²) >= 11 is 3.40. The molecule has 0 saturated carbocycles. The molecule has 27 heavy (non-hydrogen) atoms. The fourth-order valence-corrected chi connectivity index (χ4v) is 2.59. The van der Waals surface area contributed by atoms with Crippen molar-refractivity contribution in [2.24, 2.45) is 0 Å². The van der Waals surface area contributed by atoms with E-state index in [4.69, 9.17) is 9.47 Å². The van der Waals surface area contributed by atoms with Crippen molar-refractivity contribution in [2.75, 3.05) is 6.61 Å². The maximum atomic E-state index is 12.1. The number of ether oxygens (including phenoxy) is 2. The second-order valence-electron chi connectivity index (χ2n) is 6.22. The maximum Gasteiger partial charge on any atom is 0.279 e. The second kappa shape index (κ2) is 9.41. The molecule has 0 aliphatic carbocycles. The van der Waals surface area contributed by atoms with Gasteiger partial charge in [-0.2, -0.15) is 0 Å². The minimum atomic E-state index is -0.764. The van der Waals surface area contributed by atoms with Gasteiger partial charge in [-0.15, -0.1) is 0 Å². The molecule has 6 nitrogen and oxygen atoms in total. The number of aryl methyl sites for hydroxylation is 3. The third kappa shape index (κ3) is 5.99. The van der Waals surface area contributed by atoms with Gasteiger partial charge in [-0.1, -0.05) is 34.1 Å². The molecule has 0 aliphatic heterocycles. The van der Waals surface area contributed by atoms with Crippen LogP contribution in [0.1, 0.15) is 23.6 Å². The number of rotatable bonds is 6. The van der Waals surface area contributed by atoms with E-state index in [9.17, 15) is 9.59 Å². The molecule has 144 valence electrons. The van der Waals surface area contributed by atoms with Crippen LogP contribution in [0, 0.1) is 20.8 Å². The summed E-state index contributed by atoms with van der Waals surface area (Å²) in [5, 5.41) is 0. The lowest BCUT2D eigenvalue weighted by molar-refractivity contribution is -0.133. The zero-order valence-corrected chi connectivity index (χ0v) is 17.3. The van der Waals surface area contributed by atoms with Gasteiger partial charge < -0.3 is 9.47 Å². The highest BCUT2D eigenvalue weighted by Gasteiger charge is 2.17. The van der Waals surface area contributed by atoms with Crippen LogP contribution in [0.2, 0.25) is 0 Å². The lowest BCUT2D eigenvalue weighted by Gasteiger charge is -2.18. The monoisotopic (exact) mass is 434 g/mol. The third-order valence-electron chi connectivity index (χ3n) is 3.90. The van der Waals surface area contributed by atoms with Gasteiger partial charge in [0.25, 0.3) is 11.8 Å². The number of nitrogens with one attached hydrogen (secondary N) is 2. The van der Waals surface area contributed by atoms with E-state index in [1.165, 1.54) is 0 Å². The Balaban J connectivity index is 1.80. The normalized spacial score (nSPS) is 11.4. The molecule has 0 spiro atoms. The summed E-state index contributed by atoms with van der Waals surface area (Å²) in [6, 6.07) is 11.2. The summed E-state index contributed by atoms with van der Waals surface area (Å²) < 4.78 is 12.1. The van der Waals surface area contributed by atoms with Crippen molar-refractivity contribution in [3.05, 3.63) is 57.6 Å². The first-order valence-corrected chi connectivity index (χ1v) is 9.27. The first kappa shape index (κ1) is 20.8. The number of para-hydroxylation sites is 1. The van der Waals surface area contributed by atoms with Crippen LogP contribution < -0.4 is 20.3 Å². The van der Waals surface area contributed by atoms with Crippen LogP contribution in [0.5, 0.6) is 11.5 Å². The van der Waals surface area contributed by atoms with Gasteiger partial charge in [-0.3, -0.25) is 20.4 Å². The standard InChI is InChI=1S/C20H23BrN2O4/c1-12-6-5-7-13(2)19(12)27-15(4)20(25)23-22-18(24)11-26-16-8-9-17(21)14(3)10-16/h5-10,15H,11H2,1-4H3,(H,22,24)(H,23,25). The fourth-order valence-electron chi connectivity index (χ4n) is 2.34. The van der Waals surface area contributed by atoms with Gasteiger partial charge in [0.05, 0.1) is 0 Å². The summed E-state index contributed by atoms with van der Waals surface area (Å²) in [7, 11) is 0. The molecule has 0 heterocycles. The van der Waals surface area contributed by atoms with E-state index in [2.05, 4.69) is 26.8 Å². The Kier molecular flexibility index (Phi) is 7.24. The molecule has 2 amide bonds. The highest BCUT2D eigenvalue weighted by atomic mass is 79.9. The predicted molar refractivity (Wildman–Crippen MR) is 107 cm³/mol. The van der Waals surface area contributed by atoms with Gasteiger partial charge in [-0.05, 0) is 62.6 Å². The van der Waals surface area contributed by atoms with Crippen molar-refractivity contribution in [3.8, 4) is 11.5 Å². The van der Waals surface area contributed by atoms with Gasteiger partial charge in [0.15, 0.2) is 12.7 Å². The van der Waals surface area contributed by atoms with E-state index in [1.807, 2.05) is 51.1 Å². The first-order valence-electron chi connectivity index (χ1n) is 8.48.